The molecule has 0 unspecified atom stereocenters. The van der Waals surface area contributed by atoms with Crippen molar-refractivity contribution in [1.82, 2.24) is 5.32 Å². The molecular weight excluding hydrogens is 178 g/mol. The van der Waals surface area contributed by atoms with Crippen LogP contribution in [-0.4, -0.2) is 25.2 Å². The van der Waals surface area contributed by atoms with Gasteiger partial charge < -0.3 is 10.1 Å². The van der Waals surface area contributed by atoms with Gasteiger partial charge in [-0.3, -0.25) is 4.79 Å². The Labute approximate surface area is 87.2 Å². The molecule has 0 aromatic rings. The van der Waals surface area contributed by atoms with Gasteiger partial charge in [-0.05, 0) is 26.3 Å². The van der Waals surface area contributed by atoms with Crippen LogP contribution in [0.25, 0.3) is 0 Å². The van der Waals surface area contributed by atoms with E-state index in [-0.39, 0.29) is 12.1 Å². The lowest BCUT2D eigenvalue weighted by Crippen LogP contribution is -2.30. The Morgan fingerprint density at radius 2 is 1.86 bits per heavy atom. The van der Waals surface area contributed by atoms with Crippen molar-refractivity contribution < 1.29 is 9.53 Å². The zero-order chi connectivity index (χ0) is 11.0. The van der Waals surface area contributed by atoms with Crippen LogP contribution in [0.5, 0.6) is 0 Å². The molecule has 1 N–H and O–H groups in total. The molecule has 0 amide bonds. The van der Waals surface area contributed by atoms with E-state index in [4.69, 9.17) is 4.74 Å². The van der Waals surface area contributed by atoms with Crippen LogP contribution < -0.4 is 5.32 Å². The van der Waals surface area contributed by atoms with Gasteiger partial charge in [0.1, 0.15) is 0 Å². The monoisotopic (exact) mass is 201 g/mol. The van der Waals surface area contributed by atoms with Crippen molar-refractivity contribution in [3.63, 3.8) is 0 Å². The summed E-state index contributed by atoms with van der Waals surface area (Å²) in [5, 5.41) is 3.12. The smallest absolute Gasteiger partial charge is 0.320 e. The highest BCUT2D eigenvalue weighted by Gasteiger charge is 2.06. The number of hydrogen-bond acceptors (Lipinski definition) is 3. The van der Waals surface area contributed by atoms with Crippen molar-refractivity contribution in [1.29, 1.82) is 0 Å². The van der Waals surface area contributed by atoms with E-state index in [0.29, 0.717) is 12.5 Å². The maximum absolute atomic E-state index is 11.1. The van der Waals surface area contributed by atoms with Crippen LogP contribution in [0.1, 0.15) is 40.5 Å². The van der Waals surface area contributed by atoms with Crippen LogP contribution in [0.3, 0.4) is 0 Å². The van der Waals surface area contributed by atoms with Gasteiger partial charge in [-0.15, -0.1) is 0 Å². The standard InChI is InChI=1S/C11H23NO2/c1-5-10(6-2)7-12-8-11(13)14-9(3)4/h9-10,12H,5-8H2,1-4H3. The number of hydrogen-bond donors (Lipinski definition) is 1. The van der Waals surface area contributed by atoms with Crippen LogP contribution in [-0.2, 0) is 9.53 Å². The average molecular weight is 201 g/mol. The quantitative estimate of drug-likeness (QED) is 0.640. The third-order valence-corrected chi connectivity index (χ3v) is 2.22. The second kappa shape index (κ2) is 7.80. The lowest BCUT2D eigenvalue weighted by Gasteiger charge is -2.13. The lowest BCUT2D eigenvalue weighted by molar-refractivity contribution is -0.146. The Kier molecular flexibility index (Phi) is 7.48. The van der Waals surface area contributed by atoms with Crippen LogP contribution in [0.4, 0.5) is 0 Å². The zero-order valence-electron chi connectivity index (χ0n) is 9.80. The van der Waals surface area contributed by atoms with Crippen molar-refractivity contribution in [3.05, 3.63) is 0 Å². The van der Waals surface area contributed by atoms with Gasteiger partial charge in [-0.1, -0.05) is 26.7 Å². The van der Waals surface area contributed by atoms with Gasteiger partial charge in [0.2, 0.25) is 0 Å². The Morgan fingerprint density at radius 3 is 2.29 bits per heavy atom. The highest BCUT2D eigenvalue weighted by Crippen LogP contribution is 2.04. The van der Waals surface area contributed by atoms with E-state index in [0.717, 1.165) is 19.4 Å². The molecule has 0 fully saturated rings. The molecule has 14 heavy (non-hydrogen) atoms. The summed E-state index contributed by atoms with van der Waals surface area (Å²) in [6, 6.07) is 0. The van der Waals surface area contributed by atoms with Gasteiger partial charge in [0.05, 0.1) is 12.6 Å². The molecule has 0 aromatic heterocycles. The van der Waals surface area contributed by atoms with Gasteiger partial charge in [0, 0.05) is 0 Å². The number of esters is 1. The second-order valence-electron chi connectivity index (χ2n) is 3.85. The van der Waals surface area contributed by atoms with Gasteiger partial charge >= 0.3 is 5.97 Å². The molecule has 3 nitrogen and oxygen atoms in total. The van der Waals surface area contributed by atoms with Gasteiger partial charge in [0.15, 0.2) is 0 Å². The fraction of sp³-hybridized carbons (Fsp3) is 0.909. The minimum absolute atomic E-state index is 0.0163. The molecule has 0 aliphatic heterocycles. The summed E-state index contributed by atoms with van der Waals surface area (Å²) in [6.45, 7) is 9.29. The fourth-order valence-corrected chi connectivity index (χ4v) is 1.26. The Balaban J connectivity index is 3.48. The summed E-state index contributed by atoms with van der Waals surface area (Å²) in [6.07, 6.45) is 2.29. The van der Waals surface area contributed by atoms with E-state index in [1.165, 1.54) is 0 Å². The van der Waals surface area contributed by atoms with Crippen LogP contribution in [0, 0.1) is 5.92 Å². The summed E-state index contributed by atoms with van der Waals surface area (Å²) in [4.78, 5) is 11.1. The van der Waals surface area contributed by atoms with Crippen LogP contribution in [0.15, 0.2) is 0 Å². The summed E-state index contributed by atoms with van der Waals surface area (Å²) in [7, 11) is 0. The Hall–Kier alpha value is -0.570. The van der Waals surface area contributed by atoms with E-state index in [1.807, 2.05) is 13.8 Å². The minimum Gasteiger partial charge on any atom is -0.462 e. The molecule has 0 spiro atoms. The lowest BCUT2D eigenvalue weighted by atomic mass is 10.0. The largest absolute Gasteiger partial charge is 0.462 e. The molecule has 0 heterocycles. The molecule has 0 saturated heterocycles. The molecular formula is C11H23NO2. The maximum atomic E-state index is 11.1. The van der Waals surface area contributed by atoms with E-state index < -0.39 is 0 Å². The highest BCUT2D eigenvalue weighted by molar-refractivity contribution is 5.71. The fourth-order valence-electron chi connectivity index (χ4n) is 1.26. The number of rotatable bonds is 7. The van der Waals surface area contributed by atoms with E-state index >= 15 is 0 Å². The Morgan fingerprint density at radius 1 is 1.29 bits per heavy atom. The van der Waals surface area contributed by atoms with Crippen molar-refractivity contribution in [2.24, 2.45) is 5.92 Å². The van der Waals surface area contributed by atoms with Crippen molar-refractivity contribution in [2.75, 3.05) is 13.1 Å². The molecule has 0 aliphatic carbocycles. The van der Waals surface area contributed by atoms with Gasteiger partial charge in [-0.2, -0.15) is 0 Å². The van der Waals surface area contributed by atoms with Crippen LogP contribution >= 0.6 is 0 Å². The third-order valence-electron chi connectivity index (χ3n) is 2.22. The Bertz CT molecular complexity index is 153. The maximum Gasteiger partial charge on any atom is 0.320 e. The molecule has 84 valence electrons. The molecule has 0 atom stereocenters. The summed E-state index contributed by atoms with van der Waals surface area (Å²) < 4.78 is 5.00. The minimum atomic E-state index is -0.161. The molecule has 0 aliphatic rings. The second-order valence-corrected chi connectivity index (χ2v) is 3.85. The predicted molar refractivity (Wildman–Crippen MR) is 58.2 cm³/mol. The first-order valence-corrected chi connectivity index (χ1v) is 5.50. The molecule has 3 heteroatoms. The summed E-state index contributed by atoms with van der Waals surface area (Å²) in [5.74, 6) is 0.507. The normalized spacial score (nSPS) is 11.0. The van der Waals surface area contributed by atoms with E-state index in [9.17, 15) is 4.79 Å². The molecule has 0 radical (unpaired) electrons. The first kappa shape index (κ1) is 13.4. The first-order chi connectivity index (χ1) is 6.60. The van der Waals surface area contributed by atoms with Gasteiger partial charge in [0.25, 0.3) is 0 Å². The van der Waals surface area contributed by atoms with Crippen molar-refractivity contribution in [2.45, 2.75) is 46.6 Å². The van der Waals surface area contributed by atoms with Gasteiger partial charge in [-0.25, -0.2) is 0 Å². The molecule has 0 saturated carbocycles. The molecule has 0 bridgehead atoms. The van der Waals surface area contributed by atoms with Crippen molar-refractivity contribution >= 4 is 5.97 Å². The number of ether oxygens (including phenoxy) is 1. The van der Waals surface area contributed by atoms with Crippen molar-refractivity contribution in [3.8, 4) is 0 Å². The third kappa shape index (κ3) is 6.89. The molecule has 0 aromatic carbocycles. The summed E-state index contributed by atoms with van der Waals surface area (Å²) in [5.41, 5.74) is 0. The topological polar surface area (TPSA) is 38.3 Å². The first-order valence-electron chi connectivity index (χ1n) is 5.50. The summed E-state index contributed by atoms with van der Waals surface area (Å²) >= 11 is 0. The average Bonchev–Trinajstić information content (AvgIpc) is 2.11. The SMILES string of the molecule is CCC(CC)CNCC(=O)OC(C)C. The molecule has 0 rings (SSSR count). The van der Waals surface area contributed by atoms with Crippen LogP contribution in [0.2, 0.25) is 0 Å². The van der Waals surface area contributed by atoms with E-state index in [1.54, 1.807) is 0 Å². The number of carbonyl (C=O) groups excluding carboxylic acids is 1. The number of nitrogens with one attached hydrogen (secondary N) is 1. The van der Waals surface area contributed by atoms with E-state index in [2.05, 4.69) is 19.2 Å². The number of carbonyl (C=O) groups is 1. The predicted octanol–water partition coefficient (Wildman–Crippen LogP) is 1.96. The zero-order valence-corrected chi connectivity index (χ0v) is 9.80. The highest BCUT2D eigenvalue weighted by atomic mass is 16.5.